The third-order valence-corrected chi connectivity index (χ3v) is 9.08. The summed E-state index contributed by atoms with van der Waals surface area (Å²) in [6.07, 6.45) is 2.43. The number of hydrogen-bond acceptors (Lipinski definition) is 9. The first-order valence-corrected chi connectivity index (χ1v) is 17.2. The minimum absolute atomic E-state index is 0.0840. The van der Waals surface area contributed by atoms with Gasteiger partial charge in [0.15, 0.2) is 12.3 Å². The number of para-hydroxylation sites is 1. The molecule has 1 saturated carbocycles. The highest BCUT2D eigenvalue weighted by Crippen LogP contribution is 2.28. The van der Waals surface area contributed by atoms with Gasteiger partial charge in [0.25, 0.3) is 11.8 Å². The van der Waals surface area contributed by atoms with Gasteiger partial charge in [-0.05, 0) is 64.0 Å². The van der Waals surface area contributed by atoms with Crippen molar-refractivity contribution >= 4 is 35.7 Å². The molecule has 0 bridgehead atoms. The molecule has 0 radical (unpaired) electrons. The van der Waals surface area contributed by atoms with Crippen LogP contribution in [0.4, 0.5) is 4.79 Å². The molecule has 3 N–H and O–H groups in total. The first-order valence-electron chi connectivity index (χ1n) is 17.2. The first kappa shape index (κ1) is 36.1. The fourth-order valence-corrected chi connectivity index (χ4v) is 6.20. The number of rotatable bonds is 14. The van der Waals surface area contributed by atoms with Crippen molar-refractivity contribution in [1.29, 1.82) is 0 Å². The quantitative estimate of drug-likeness (QED) is 0.260. The van der Waals surface area contributed by atoms with Gasteiger partial charge < -0.3 is 39.9 Å². The number of nitrogens with zero attached hydrogens (tertiary/aromatic N) is 5. The molecule has 2 saturated heterocycles. The second-order valence-electron chi connectivity index (χ2n) is 12.8. The molecule has 0 spiro atoms. The maximum atomic E-state index is 13.7. The Morgan fingerprint density at radius 3 is 2.46 bits per heavy atom. The Balaban J connectivity index is 1.28. The van der Waals surface area contributed by atoms with E-state index in [2.05, 4.69) is 15.7 Å². The van der Waals surface area contributed by atoms with Crippen molar-refractivity contribution in [3.05, 3.63) is 42.1 Å². The second-order valence-corrected chi connectivity index (χ2v) is 12.8. The van der Waals surface area contributed by atoms with Crippen molar-refractivity contribution in [3.8, 4) is 11.6 Å². The van der Waals surface area contributed by atoms with Gasteiger partial charge in [-0.25, -0.2) is 9.48 Å². The summed E-state index contributed by atoms with van der Waals surface area (Å²) in [4.78, 5) is 81.6. The number of piperazine rings is 1. The molecule has 3 unspecified atom stereocenters. The minimum atomic E-state index is -1.19. The molecule has 2 aromatic rings. The summed E-state index contributed by atoms with van der Waals surface area (Å²) in [6, 6.07) is 7.98. The fraction of sp³-hybridized carbons (Fsp3) is 0.559. The largest absolute Gasteiger partial charge is 0.481 e. The summed E-state index contributed by atoms with van der Waals surface area (Å²) < 4.78 is 12.4. The molecule has 16 nitrogen and oxygen atoms in total. The average Bonchev–Trinajstić information content (AvgIpc) is 3.62. The summed E-state index contributed by atoms with van der Waals surface area (Å²) in [6.45, 7) is 4.94. The van der Waals surface area contributed by atoms with E-state index in [4.69, 9.17) is 9.47 Å². The molecule has 3 atom stereocenters. The zero-order valence-electron chi connectivity index (χ0n) is 28.4. The minimum Gasteiger partial charge on any atom is -0.481 e. The molecule has 1 aliphatic carbocycles. The van der Waals surface area contributed by atoms with Gasteiger partial charge in [0.1, 0.15) is 12.1 Å². The van der Waals surface area contributed by atoms with Crippen LogP contribution < -0.4 is 15.4 Å². The van der Waals surface area contributed by atoms with E-state index in [0.717, 1.165) is 12.8 Å². The van der Waals surface area contributed by atoms with E-state index in [1.54, 1.807) is 44.2 Å². The Kier molecular flexibility index (Phi) is 11.9. The number of ether oxygens (including phenoxy) is 2. The van der Waals surface area contributed by atoms with Crippen molar-refractivity contribution in [2.24, 2.45) is 5.92 Å². The smallest absolute Gasteiger partial charge is 0.409 e. The molecular weight excluding hydrogens is 650 g/mol. The number of benzene rings is 1. The van der Waals surface area contributed by atoms with E-state index in [1.807, 2.05) is 0 Å². The number of nitrogens with one attached hydrogen (secondary N) is 2. The molecule has 5 amide bonds. The number of amides is 5. The van der Waals surface area contributed by atoms with Gasteiger partial charge in [-0.2, -0.15) is 5.10 Å². The molecule has 1 aromatic carbocycles. The van der Waals surface area contributed by atoms with Crippen molar-refractivity contribution < 1.29 is 43.3 Å². The Hall–Kier alpha value is -5.15. The van der Waals surface area contributed by atoms with Crippen LogP contribution in [0.1, 0.15) is 62.9 Å². The Morgan fingerprint density at radius 2 is 1.78 bits per heavy atom. The monoisotopic (exact) mass is 695 g/mol. The van der Waals surface area contributed by atoms with Crippen molar-refractivity contribution in [2.75, 3.05) is 45.9 Å². The third-order valence-electron chi connectivity index (χ3n) is 9.08. The van der Waals surface area contributed by atoms with Gasteiger partial charge in [0.2, 0.25) is 17.7 Å². The van der Waals surface area contributed by atoms with Crippen LogP contribution in [0.3, 0.4) is 0 Å². The van der Waals surface area contributed by atoms with Crippen LogP contribution in [0, 0.1) is 5.92 Å². The zero-order chi connectivity index (χ0) is 35.8. The number of aromatic nitrogens is 2. The van der Waals surface area contributed by atoms with E-state index < -0.39 is 48.6 Å². The standard InChI is InChI=1S/C34H45N7O9/c1-3-49-34(48)38-16-17-39(22(2)20-38)33(47)25(13-14-30(43)44)36-31(45)26-18-29(41(37-26)24-8-5-4-6-9-24)50-21-28(42)40-15-7-10-27(40)32(46)35-19-23-11-12-23/h4-6,8-9,18,22-23,25,27H,3,7,10-17,19-21H2,1-2H3,(H,35,46)(H,36,45)(H,43,44). The Bertz CT molecular complexity index is 1560. The lowest BCUT2D eigenvalue weighted by Gasteiger charge is -2.40. The van der Waals surface area contributed by atoms with Crippen molar-refractivity contribution in [3.63, 3.8) is 0 Å². The molecule has 1 aromatic heterocycles. The maximum absolute atomic E-state index is 13.7. The maximum Gasteiger partial charge on any atom is 0.409 e. The van der Waals surface area contributed by atoms with Gasteiger partial charge in [0, 0.05) is 51.3 Å². The molecule has 3 fully saturated rings. The molecule has 50 heavy (non-hydrogen) atoms. The average molecular weight is 696 g/mol. The number of likely N-dealkylation sites (tertiary alicyclic amines) is 1. The lowest BCUT2D eigenvalue weighted by molar-refractivity contribution is -0.140. The lowest BCUT2D eigenvalue weighted by atomic mass is 10.1. The normalized spacial score (nSPS) is 19.4. The molecule has 3 aliphatic rings. The van der Waals surface area contributed by atoms with Gasteiger partial charge in [-0.1, -0.05) is 18.2 Å². The van der Waals surface area contributed by atoms with E-state index in [1.165, 1.54) is 25.4 Å². The van der Waals surface area contributed by atoms with Crippen LogP contribution in [0.15, 0.2) is 36.4 Å². The number of carboxylic acids is 1. The molecule has 5 rings (SSSR count). The van der Waals surface area contributed by atoms with Gasteiger partial charge in [0.05, 0.1) is 12.3 Å². The molecule has 16 heteroatoms. The molecular formula is C34H45N7O9. The predicted octanol–water partition coefficient (Wildman–Crippen LogP) is 1.42. The van der Waals surface area contributed by atoms with Crippen molar-refractivity contribution in [2.45, 2.75) is 70.5 Å². The van der Waals surface area contributed by atoms with Gasteiger partial charge in [-0.3, -0.25) is 24.0 Å². The summed E-state index contributed by atoms with van der Waals surface area (Å²) >= 11 is 0. The highest BCUT2D eigenvalue weighted by molar-refractivity contribution is 5.96. The van der Waals surface area contributed by atoms with Crippen molar-refractivity contribution in [1.82, 2.24) is 35.1 Å². The summed E-state index contributed by atoms with van der Waals surface area (Å²) in [5, 5.41) is 19.4. The summed E-state index contributed by atoms with van der Waals surface area (Å²) in [5.74, 6) is -2.31. The van der Waals surface area contributed by atoms with Crippen LogP contribution in [0.2, 0.25) is 0 Å². The van der Waals surface area contributed by atoms with Crippen LogP contribution in [-0.2, 0) is 23.9 Å². The summed E-state index contributed by atoms with van der Waals surface area (Å²) in [5.41, 5.74) is 0.419. The molecule has 2 aliphatic heterocycles. The lowest BCUT2D eigenvalue weighted by Crippen LogP contribution is -2.59. The topological polar surface area (TPSA) is 193 Å². The SMILES string of the molecule is CCOC(=O)N1CCN(C(=O)C(CCC(=O)O)NC(=O)c2cc(OCC(=O)N3CCCC3C(=O)NCC3CC3)n(-c3ccccc3)n2)C(C)C1. The van der Waals surface area contributed by atoms with E-state index >= 15 is 0 Å². The van der Waals surface area contributed by atoms with E-state index in [0.29, 0.717) is 37.5 Å². The Labute approximate surface area is 290 Å². The molecule has 3 heterocycles. The van der Waals surface area contributed by atoms with Gasteiger partial charge >= 0.3 is 12.1 Å². The van der Waals surface area contributed by atoms with Crippen LogP contribution >= 0.6 is 0 Å². The number of hydrogen-bond donors (Lipinski definition) is 3. The zero-order valence-corrected chi connectivity index (χ0v) is 28.4. The predicted molar refractivity (Wildman–Crippen MR) is 177 cm³/mol. The highest BCUT2D eigenvalue weighted by atomic mass is 16.6. The first-order chi connectivity index (χ1) is 24.0. The van der Waals surface area contributed by atoms with Crippen LogP contribution in [0.25, 0.3) is 5.69 Å². The van der Waals surface area contributed by atoms with E-state index in [9.17, 15) is 33.9 Å². The molecule has 270 valence electrons. The van der Waals surface area contributed by atoms with Crippen LogP contribution in [-0.4, -0.2) is 129 Å². The number of carbonyl (C=O) groups is 6. The summed E-state index contributed by atoms with van der Waals surface area (Å²) in [7, 11) is 0. The Morgan fingerprint density at radius 1 is 1.02 bits per heavy atom. The van der Waals surface area contributed by atoms with Gasteiger partial charge in [-0.15, -0.1) is 0 Å². The number of carbonyl (C=O) groups excluding carboxylic acids is 5. The second kappa shape index (κ2) is 16.5. The number of carboxylic acid groups (broad SMARTS) is 1. The third kappa shape index (κ3) is 9.09. The number of aliphatic carboxylic acids is 1. The fourth-order valence-electron chi connectivity index (χ4n) is 6.20. The van der Waals surface area contributed by atoms with Crippen LogP contribution in [0.5, 0.6) is 5.88 Å². The highest BCUT2D eigenvalue weighted by Gasteiger charge is 2.37. The van der Waals surface area contributed by atoms with E-state index in [-0.39, 0.29) is 62.5 Å².